The Hall–Kier alpha value is -2.50. The highest BCUT2D eigenvalue weighted by molar-refractivity contribution is 5.76. The van der Waals surface area contributed by atoms with E-state index < -0.39 is 5.69 Å². The lowest BCUT2D eigenvalue weighted by atomic mass is 10.1. The van der Waals surface area contributed by atoms with Crippen molar-refractivity contribution < 1.29 is 4.79 Å². The maximum Gasteiger partial charge on any atom is 0.348 e. The normalized spacial score (nSPS) is 12.0. The van der Waals surface area contributed by atoms with Crippen LogP contribution >= 0.6 is 0 Å². The number of pyridine rings is 1. The number of amides is 1. The minimum Gasteiger partial charge on any atom is -0.346 e. The average molecular weight is 300 g/mol. The van der Waals surface area contributed by atoms with Crippen LogP contribution in [0.25, 0.3) is 0 Å². The van der Waals surface area contributed by atoms with Crippen molar-refractivity contribution in [3.05, 3.63) is 58.0 Å². The van der Waals surface area contributed by atoms with Crippen LogP contribution in [-0.4, -0.2) is 20.4 Å². The Morgan fingerprint density at radius 3 is 2.73 bits per heavy atom. The fourth-order valence-electron chi connectivity index (χ4n) is 2.32. The quantitative estimate of drug-likeness (QED) is 0.908. The molecule has 0 radical (unpaired) electrons. The molecule has 2 aromatic rings. The molecule has 2 rings (SSSR count). The van der Waals surface area contributed by atoms with Gasteiger partial charge in [0.2, 0.25) is 5.91 Å². The van der Waals surface area contributed by atoms with Crippen molar-refractivity contribution in [1.82, 2.24) is 19.9 Å². The van der Waals surface area contributed by atoms with E-state index in [-0.39, 0.29) is 18.5 Å². The third-order valence-corrected chi connectivity index (χ3v) is 3.44. The van der Waals surface area contributed by atoms with Crippen LogP contribution in [0.15, 0.2) is 35.3 Å². The van der Waals surface area contributed by atoms with Crippen molar-refractivity contribution >= 4 is 5.91 Å². The van der Waals surface area contributed by atoms with Gasteiger partial charge in [-0.25, -0.2) is 4.79 Å². The second-order valence-electron chi connectivity index (χ2n) is 5.19. The van der Waals surface area contributed by atoms with Crippen molar-refractivity contribution in [3.63, 3.8) is 0 Å². The van der Waals surface area contributed by atoms with E-state index >= 15 is 0 Å². The summed E-state index contributed by atoms with van der Waals surface area (Å²) in [6.45, 7) is 5.48. The van der Waals surface area contributed by atoms with Gasteiger partial charge >= 0.3 is 5.69 Å². The molecule has 0 unspecified atom stereocenters. The lowest BCUT2D eigenvalue weighted by Crippen LogP contribution is -2.36. The monoisotopic (exact) mass is 300 g/mol. The van der Waals surface area contributed by atoms with Crippen LogP contribution in [0.2, 0.25) is 0 Å². The van der Waals surface area contributed by atoms with Gasteiger partial charge in [0.25, 0.3) is 0 Å². The van der Waals surface area contributed by atoms with Crippen LogP contribution in [0.5, 0.6) is 0 Å². The Labute approximate surface area is 129 Å². The molecule has 1 atom stereocenters. The summed E-state index contributed by atoms with van der Waals surface area (Å²) in [4.78, 5) is 32.2. The molecule has 0 spiro atoms. The van der Waals surface area contributed by atoms with Gasteiger partial charge in [0.05, 0.1) is 11.7 Å². The fourth-order valence-corrected chi connectivity index (χ4v) is 2.32. The number of rotatable bonds is 5. The number of hydrogen-bond donors (Lipinski definition) is 1. The van der Waals surface area contributed by atoms with Crippen molar-refractivity contribution in [2.75, 3.05) is 0 Å². The predicted octanol–water partition coefficient (Wildman–Crippen LogP) is 1.52. The number of nitrogens with zero attached hydrogens (tertiary/aromatic N) is 3. The lowest BCUT2D eigenvalue weighted by molar-refractivity contribution is -0.122. The zero-order valence-electron chi connectivity index (χ0n) is 13.0. The van der Waals surface area contributed by atoms with E-state index in [1.165, 1.54) is 4.57 Å². The summed E-state index contributed by atoms with van der Waals surface area (Å²) in [5.74, 6) is -0.228. The van der Waals surface area contributed by atoms with Crippen LogP contribution < -0.4 is 11.0 Å². The van der Waals surface area contributed by atoms with E-state index in [0.29, 0.717) is 5.69 Å². The number of carbonyl (C=O) groups is 1. The maximum absolute atomic E-state index is 12.2. The number of hydrogen-bond acceptors (Lipinski definition) is 4. The van der Waals surface area contributed by atoms with E-state index in [2.05, 4.69) is 15.3 Å². The summed E-state index contributed by atoms with van der Waals surface area (Å²) in [5, 5.41) is 2.91. The Kier molecular flexibility index (Phi) is 5.04. The smallest absolute Gasteiger partial charge is 0.346 e. The number of aryl methyl sites for hydroxylation is 2. The van der Waals surface area contributed by atoms with Crippen LogP contribution in [0, 0.1) is 13.8 Å². The topological polar surface area (TPSA) is 76.9 Å². The zero-order chi connectivity index (χ0) is 16.1. The van der Waals surface area contributed by atoms with E-state index in [1.807, 2.05) is 25.1 Å². The van der Waals surface area contributed by atoms with Crippen molar-refractivity contribution in [2.45, 2.75) is 39.8 Å². The van der Waals surface area contributed by atoms with Gasteiger partial charge in [-0.15, -0.1) is 0 Å². The molecule has 1 amide bonds. The Morgan fingerprint density at radius 2 is 2.14 bits per heavy atom. The molecule has 0 saturated heterocycles. The first-order valence-corrected chi connectivity index (χ1v) is 7.26. The third-order valence-electron chi connectivity index (χ3n) is 3.44. The molecule has 0 fully saturated rings. The van der Waals surface area contributed by atoms with E-state index in [0.717, 1.165) is 17.8 Å². The summed E-state index contributed by atoms with van der Waals surface area (Å²) in [5.41, 5.74) is 1.78. The molecule has 22 heavy (non-hydrogen) atoms. The average Bonchev–Trinajstić information content (AvgIpc) is 2.49. The van der Waals surface area contributed by atoms with Crippen LogP contribution in [-0.2, 0) is 11.3 Å². The van der Waals surface area contributed by atoms with Crippen LogP contribution in [0.4, 0.5) is 0 Å². The van der Waals surface area contributed by atoms with Gasteiger partial charge in [-0.3, -0.25) is 14.3 Å². The molecule has 0 aliphatic carbocycles. The van der Waals surface area contributed by atoms with Gasteiger partial charge in [0, 0.05) is 17.6 Å². The standard InChI is InChI=1S/C16H20N4O2/c1-4-13(14-7-5-6-8-17-14)19-15(21)10-20-12(3)9-11(2)18-16(20)22/h5-9,13H,4,10H2,1-3H3,(H,19,21)/t13-/m0/s1. The Balaban J connectivity index is 2.12. The van der Waals surface area contributed by atoms with Crippen molar-refractivity contribution in [3.8, 4) is 0 Å². The summed E-state index contributed by atoms with van der Waals surface area (Å²) < 4.78 is 1.37. The molecule has 2 aromatic heterocycles. The Bertz CT molecular complexity index is 710. The third kappa shape index (κ3) is 3.78. The van der Waals surface area contributed by atoms with Gasteiger partial charge in [-0.2, -0.15) is 4.98 Å². The lowest BCUT2D eigenvalue weighted by Gasteiger charge is -2.17. The summed E-state index contributed by atoms with van der Waals surface area (Å²) >= 11 is 0. The molecule has 116 valence electrons. The largest absolute Gasteiger partial charge is 0.348 e. The molecule has 0 aliphatic rings. The molecule has 2 heterocycles. The first-order valence-electron chi connectivity index (χ1n) is 7.26. The van der Waals surface area contributed by atoms with E-state index in [9.17, 15) is 9.59 Å². The van der Waals surface area contributed by atoms with Gasteiger partial charge < -0.3 is 5.32 Å². The van der Waals surface area contributed by atoms with Crippen LogP contribution in [0.3, 0.4) is 0 Å². The minimum atomic E-state index is -0.404. The molecule has 6 heteroatoms. The molecular weight excluding hydrogens is 280 g/mol. The second kappa shape index (κ2) is 6.98. The van der Waals surface area contributed by atoms with Gasteiger partial charge in [0.1, 0.15) is 6.54 Å². The molecule has 0 aliphatic heterocycles. The minimum absolute atomic E-state index is 0.0404. The van der Waals surface area contributed by atoms with Crippen LogP contribution in [0.1, 0.15) is 36.5 Å². The van der Waals surface area contributed by atoms with E-state index in [1.54, 1.807) is 26.1 Å². The van der Waals surface area contributed by atoms with Gasteiger partial charge in [-0.1, -0.05) is 13.0 Å². The first-order chi connectivity index (χ1) is 10.5. The second-order valence-corrected chi connectivity index (χ2v) is 5.19. The van der Waals surface area contributed by atoms with E-state index in [4.69, 9.17) is 0 Å². The zero-order valence-corrected chi connectivity index (χ0v) is 13.0. The van der Waals surface area contributed by atoms with Gasteiger partial charge in [-0.05, 0) is 38.5 Å². The molecule has 0 aromatic carbocycles. The Morgan fingerprint density at radius 1 is 1.36 bits per heavy atom. The first kappa shape index (κ1) is 15.9. The molecular formula is C16H20N4O2. The van der Waals surface area contributed by atoms with Crippen molar-refractivity contribution in [2.24, 2.45) is 0 Å². The maximum atomic E-state index is 12.2. The SMILES string of the molecule is CC[C@H](NC(=O)Cn1c(C)cc(C)nc1=O)c1ccccn1. The van der Waals surface area contributed by atoms with Crippen molar-refractivity contribution in [1.29, 1.82) is 0 Å². The highest BCUT2D eigenvalue weighted by Gasteiger charge is 2.15. The molecule has 6 nitrogen and oxygen atoms in total. The summed E-state index contributed by atoms with van der Waals surface area (Å²) in [6, 6.07) is 7.21. The number of nitrogens with one attached hydrogen (secondary N) is 1. The number of carbonyl (C=O) groups excluding carboxylic acids is 1. The summed E-state index contributed by atoms with van der Waals surface area (Å²) in [6.07, 6.45) is 2.42. The highest BCUT2D eigenvalue weighted by Crippen LogP contribution is 2.13. The predicted molar refractivity (Wildman–Crippen MR) is 83.4 cm³/mol. The summed E-state index contributed by atoms with van der Waals surface area (Å²) in [7, 11) is 0. The molecule has 1 N–H and O–H groups in total. The highest BCUT2D eigenvalue weighted by atomic mass is 16.2. The fraction of sp³-hybridized carbons (Fsp3) is 0.375. The molecule has 0 saturated carbocycles. The number of aromatic nitrogens is 3. The van der Waals surface area contributed by atoms with Gasteiger partial charge in [0.15, 0.2) is 0 Å². The molecule has 0 bridgehead atoms.